The number of hydrogen-bond donors (Lipinski definition) is 0. The van der Waals surface area contributed by atoms with Crippen molar-refractivity contribution in [1.29, 1.82) is 0 Å². The summed E-state index contributed by atoms with van der Waals surface area (Å²) in [4.78, 5) is 14.6. The summed E-state index contributed by atoms with van der Waals surface area (Å²) in [7, 11) is 0. The molecule has 1 aliphatic heterocycles. The Balaban J connectivity index is 1.83. The highest BCUT2D eigenvalue weighted by atomic mass is 79.9. The Morgan fingerprint density at radius 2 is 2.05 bits per heavy atom. The number of benzene rings is 2. The maximum absolute atomic E-state index is 12.7. The van der Waals surface area contributed by atoms with E-state index in [9.17, 15) is 4.79 Å². The molecule has 0 radical (unpaired) electrons. The maximum Gasteiger partial charge on any atom is 0.255 e. The van der Waals surface area contributed by atoms with Crippen molar-refractivity contribution >= 4 is 21.8 Å². The minimum atomic E-state index is 0.0694. The van der Waals surface area contributed by atoms with Crippen LogP contribution in [-0.4, -0.2) is 24.0 Å². The van der Waals surface area contributed by atoms with Gasteiger partial charge in [0, 0.05) is 17.6 Å². The van der Waals surface area contributed by atoms with Gasteiger partial charge in [-0.1, -0.05) is 18.2 Å². The summed E-state index contributed by atoms with van der Waals surface area (Å²) >= 11 is 3.46. The van der Waals surface area contributed by atoms with Crippen molar-refractivity contribution in [2.75, 3.05) is 13.2 Å². The van der Waals surface area contributed by atoms with E-state index < -0.39 is 0 Å². The maximum atomic E-state index is 12.7. The van der Waals surface area contributed by atoms with Gasteiger partial charge in [-0.2, -0.15) is 0 Å². The average molecular weight is 360 g/mol. The summed E-state index contributed by atoms with van der Waals surface area (Å²) in [6, 6.07) is 13.7. The summed E-state index contributed by atoms with van der Waals surface area (Å²) < 4.78 is 6.40. The molecule has 114 valence electrons. The molecule has 3 nitrogen and oxygen atoms in total. The van der Waals surface area contributed by atoms with Crippen molar-refractivity contribution in [3.8, 4) is 5.75 Å². The first-order valence-corrected chi connectivity index (χ1v) is 8.26. The average Bonchev–Trinajstić information content (AvgIpc) is 2.54. The van der Waals surface area contributed by atoms with E-state index >= 15 is 0 Å². The Morgan fingerprint density at radius 1 is 1.23 bits per heavy atom. The van der Waals surface area contributed by atoms with Crippen LogP contribution in [0, 0.1) is 0 Å². The standard InChI is InChI=1S/C18H18BrNO2/c1-2-22-15-8-7-13-9-10-20(12-14(13)11-15)18(21)16-5-3-4-6-17(16)19/h3-8,11H,2,9-10,12H2,1H3. The molecular formula is C18H18BrNO2. The van der Waals surface area contributed by atoms with Crippen molar-refractivity contribution < 1.29 is 9.53 Å². The summed E-state index contributed by atoms with van der Waals surface area (Å²) in [5.41, 5.74) is 3.20. The zero-order valence-electron chi connectivity index (χ0n) is 12.5. The number of amides is 1. The van der Waals surface area contributed by atoms with Crippen LogP contribution in [-0.2, 0) is 13.0 Å². The van der Waals surface area contributed by atoms with Crippen LogP contribution in [0.4, 0.5) is 0 Å². The molecular weight excluding hydrogens is 342 g/mol. The molecule has 2 aromatic rings. The fourth-order valence-electron chi connectivity index (χ4n) is 2.77. The molecule has 0 saturated carbocycles. The van der Waals surface area contributed by atoms with Crippen LogP contribution in [0.25, 0.3) is 0 Å². The van der Waals surface area contributed by atoms with Gasteiger partial charge in [-0.05, 0) is 64.7 Å². The second kappa shape index (κ2) is 6.53. The SMILES string of the molecule is CCOc1ccc2c(c1)CN(C(=O)c1ccccc1Br)CC2. The number of hydrogen-bond acceptors (Lipinski definition) is 2. The lowest BCUT2D eigenvalue weighted by molar-refractivity contribution is 0.0733. The van der Waals surface area contributed by atoms with E-state index in [0.29, 0.717) is 18.7 Å². The predicted molar refractivity (Wildman–Crippen MR) is 90.2 cm³/mol. The van der Waals surface area contributed by atoms with Crippen molar-refractivity contribution in [2.45, 2.75) is 19.9 Å². The van der Waals surface area contributed by atoms with E-state index in [4.69, 9.17) is 4.74 Å². The fourth-order valence-corrected chi connectivity index (χ4v) is 3.22. The number of ether oxygens (including phenoxy) is 1. The molecule has 0 aromatic heterocycles. The van der Waals surface area contributed by atoms with E-state index in [0.717, 1.165) is 23.2 Å². The van der Waals surface area contributed by atoms with Gasteiger partial charge < -0.3 is 9.64 Å². The first-order chi connectivity index (χ1) is 10.7. The van der Waals surface area contributed by atoms with Crippen LogP contribution in [0.5, 0.6) is 5.75 Å². The summed E-state index contributed by atoms with van der Waals surface area (Å²) in [5.74, 6) is 0.941. The summed E-state index contributed by atoms with van der Waals surface area (Å²) in [6.07, 6.45) is 0.887. The second-order valence-corrected chi connectivity index (χ2v) is 6.17. The van der Waals surface area contributed by atoms with Crippen molar-refractivity contribution in [1.82, 2.24) is 4.90 Å². The van der Waals surface area contributed by atoms with Gasteiger partial charge in [-0.15, -0.1) is 0 Å². The molecule has 2 aromatic carbocycles. The lowest BCUT2D eigenvalue weighted by Crippen LogP contribution is -2.36. The minimum absolute atomic E-state index is 0.0694. The molecule has 22 heavy (non-hydrogen) atoms. The lowest BCUT2D eigenvalue weighted by Gasteiger charge is -2.29. The van der Waals surface area contributed by atoms with E-state index in [-0.39, 0.29) is 5.91 Å². The molecule has 0 bridgehead atoms. The fraction of sp³-hybridized carbons (Fsp3) is 0.278. The number of carbonyl (C=O) groups excluding carboxylic acids is 1. The molecule has 0 N–H and O–H groups in total. The van der Waals surface area contributed by atoms with Gasteiger partial charge in [0.2, 0.25) is 0 Å². The number of carbonyl (C=O) groups is 1. The van der Waals surface area contributed by atoms with Gasteiger partial charge in [0.25, 0.3) is 5.91 Å². The van der Waals surface area contributed by atoms with E-state index in [1.54, 1.807) is 0 Å². The van der Waals surface area contributed by atoms with Gasteiger partial charge in [0.1, 0.15) is 5.75 Å². The first-order valence-electron chi connectivity index (χ1n) is 7.47. The summed E-state index contributed by atoms with van der Waals surface area (Å²) in [6.45, 7) is 4.01. The van der Waals surface area contributed by atoms with Crippen LogP contribution in [0.15, 0.2) is 46.9 Å². The molecule has 1 heterocycles. The third kappa shape index (κ3) is 3.02. The van der Waals surface area contributed by atoms with Crippen LogP contribution in [0.2, 0.25) is 0 Å². The van der Waals surface area contributed by atoms with E-state index in [1.165, 1.54) is 11.1 Å². The predicted octanol–water partition coefficient (Wildman–Crippen LogP) is 4.05. The van der Waals surface area contributed by atoms with Crippen LogP contribution in [0.3, 0.4) is 0 Å². The van der Waals surface area contributed by atoms with Crippen molar-refractivity contribution in [3.63, 3.8) is 0 Å². The Bertz CT molecular complexity index is 699. The highest BCUT2D eigenvalue weighted by Gasteiger charge is 2.23. The van der Waals surface area contributed by atoms with E-state index in [2.05, 4.69) is 28.1 Å². The van der Waals surface area contributed by atoms with Crippen molar-refractivity contribution in [2.24, 2.45) is 0 Å². The number of fused-ring (bicyclic) bond motifs is 1. The molecule has 0 unspecified atom stereocenters. The van der Waals surface area contributed by atoms with Crippen LogP contribution >= 0.6 is 15.9 Å². The number of halogens is 1. The zero-order valence-corrected chi connectivity index (χ0v) is 14.1. The quantitative estimate of drug-likeness (QED) is 0.827. The molecule has 0 spiro atoms. The minimum Gasteiger partial charge on any atom is -0.494 e. The molecule has 0 atom stereocenters. The highest BCUT2D eigenvalue weighted by molar-refractivity contribution is 9.10. The van der Waals surface area contributed by atoms with Crippen LogP contribution < -0.4 is 4.74 Å². The van der Waals surface area contributed by atoms with E-state index in [1.807, 2.05) is 42.2 Å². The number of rotatable bonds is 3. The molecule has 0 fully saturated rings. The van der Waals surface area contributed by atoms with Gasteiger partial charge in [0.05, 0.1) is 12.2 Å². The molecule has 1 aliphatic rings. The van der Waals surface area contributed by atoms with Crippen LogP contribution in [0.1, 0.15) is 28.4 Å². The third-order valence-corrected chi connectivity index (χ3v) is 4.58. The molecule has 0 saturated heterocycles. The summed E-state index contributed by atoms with van der Waals surface area (Å²) in [5, 5.41) is 0. The Labute approximate surface area is 139 Å². The van der Waals surface area contributed by atoms with Crippen molar-refractivity contribution in [3.05, 3.63) is 63.6 Å². The highest BCUT2D eigenvalue weighted by Crippen LogP contribution is 2.26. The molecule has 1 amide bonds. The van der Waals surface area contributed by atoms with Gasteiger partial charge in [0.15, 0.2) is 0 Å². The molecule has 3 rings (SSSR count). The topological polar surface area (TPSA) is 29.5 Å². The molecule has 4 heteroatoms. The molecule has 0 aliphatic carbocycles. The first kappa shape index (κ1) is 15.1. The zero-order chi connectivity index (χ0) is 15.5. The largest absolute Gasteiger partial charge is 0.494 e. The van der Waals surface area contributed by atoms with Gasteiger partial charge in [-0.25, -0.2) is 0 Å². The monoisotopic (exact) mass is 359 g/mol. The second-order valence-electron chi connectivity index (χ2n) is 5.32. The Hall–Kier alpha value is -1.81. The Morgan fingerprint density at radius 3 is 2.82 bits per heavy atom. The van der Waals surface area contributed by atoms with Gasteiger partial charge in [-0.3, -0.25) is 4.79 Å². The Kier molecular flexibility index (Phi) is 4.48. The van der Waals surface area contributed by atoms with Gasteiger partial charge >= 0.3 is 0 Å². The third-order valence-electron chi connectivity index (χ3n) is 3.89. The normalized spacial score (nSPS) is 13.6. The number of nitrogens with zero attached hydrogens (tertiary/aromatic N) is 1. The smallest absolute Gasteiger partial charge is 0.255 e. The lowest BCUT2D eigenvalue weighted by atomic mass is 9.99.